The second-order valence-electron chi connectivity index (χ2n) is 8.11. The highest BCUT2D eigenvalue weighted by molar-refractivity contribution is 9.10. The number of aryl methyl sites for hydroxylation is 2. The Kier molecular flexibility index (Phi) is 7.66. The van der Waals surface area contributed by atoms with Crippen LogP contribution < -0.4 is 10.1 Å². The summed E-state index contributed by atoms with van der Waals surface area (Å²) in [6.45, 7) is 7.55. The summed E-state index contributed by atoms with van der Waals surface area (Å²) in [4.78, 5) is 32.3. The molecule has 0 fully saturated rings. The number of amidine groups is 1. The molecule has 0 spiro atoms. The molecule has 0 bridgehead atoms. The van der Waals surface area contributed by atoms with Crippen LogP contribution >= 0.6 is 27.7 Å². The number of anilines is 1. The Morgan fingerprint density at radius 2 is 1.91 bits per heavy atom. The zero-order chi connectivity index (χ0) is 25.1. The lowest BCUT2D eigenvalue weighted by molar-refractivity contribution is -0.139. The predicted octanol–water partition coefficient (Wildman–Crippen LogP) is 5.85. The monoisotopic (exact) mass is 555 g/mol. The molecule has 182 valence electrons. The van der Waals surface area contributed by atoms with Crippen molar-refractivity contribution in [3.8, 4) is 5.75 Å². The van der Waals surface area contributed by atoms with E-state index in [0.29, 0.717) is 17.0 Å². The Bertz CT molecular complexity index is 1250. The van der Waals surface area contributed by atoms with Crippen LogP contribution in [0.15, 0.2) is 68.7 Å². The van der Waals surface area contributed by atoms with Crippen LogP contribution in [0.3, 0.4) is 0 Å². The van der Waals surface area contributed by atoms with Crippen molar-refractivity contribution >= 4 is 50.4 Å². The summed E-state index contributed by atoms with van der Waals surface area (Å²) >= 11 is 5.02. The van der Waals surface area contributed by atoms with Gasteiger partial charge in [0.25, 0.3) is 5.91 Å². The molecule has 2 heterocycles. The predicted molar refractivity (Wildman–Crippen MR) is 142 cm³/mol. The first kappa shape index (κ1) is 25.1. The van der Waals surface area contributed by atoms with E-state index in [1.807, 2.05) is 60.7 Å². The second-order valence-corrected chi connectivity index (χ2v) is 9.90. The minimum Gasteiger partial charge on any atom is -0.483 e. The Balaban J connectivity index is 1.65. The van der Waals surface area contributed by atoms with Gasteiger partial charge in [0.05, 0.1) is 23.9 Å². The fraction of sp³-hybridized carbons (Fsp3) is 0.269. The molecule has 2 aliphatic heterocycles. The quantitative estimate of drug-likeness (QED) is 0.431. The standard InChI is InChI=1S/C26H26BrN3O4S/c1-5-33-25(32)22-17(4)28-26-30(11-12-35-26)24(22)19-13-18(27)9-10-20(19)34-14-21(31)29-23-15(2)7-6-8-16(23)3/h6-13,24H,5,14H2,1-4H3,(H,29,31)/t24-/m0/s1. The van der Waals surface area contributed by atoms with Gasteiger partial charge in [0.15, 0.2) is 11.8 Å². The fourth-order valence-corrected chi connectivity index (χ4v) is 5.24. The molecule has 0 unspecified atom stereocenters. The zero-order valence-corrected chi connectivity index (χ0v) is 22.3. The number of para-hydroxylation sites is 1. The number of hydrogen-bond donors (Lipinski definition) is 1. The third kappa shape index (κ3) is 5.31. The van der Waals surface area contributed by atoms with Crippen LogP contribution in [-0.4, -0.2) is 35.2 Å². The number of esters is 1. The van der Waals surface area contributed by atoms with Crippen molar-refractivity contribution in [2.24, 2.45) is 4.99 Å². The third-order valence-electron chi connectivity index (χ3n) is 5.69. The lowest BCUT2D eigenvalue weighted by atomic mass is 9.94. The van der Waals surface area contributed by atoms with Crippen LogP contribution in [-0.2, 0) is 14.3 Å². The molecule has 1 N–H and O–H groups in total. The van der Waals surface area contributed by atoms with E-state index < -0.39 is 12.0 Å². The lowest BCUT2D eigenvalue weighted by Gasteiger charge is -2.34. The van der Waals surface area contributed by atoms with Gasteiger partial charge in [-0.3, -0.25) is 4.79 Å². The first-order chi connectivity index (χ1) is 16.8. The van der Waals surface area contributed by atoms with Crippen LogP contribution in [0.1, 0.15) is 36.6 Å². The summed E-state index contributed by atoms with van der Waals surface area (Å²) < 4.78 is 12.2. The number of nitrogens with one attached hydrogen (secondary N) is 1. The average molecular weight is 556 g/mol. The van der Waals surface area contributed by atoms with Gasteiger partial charge in [-0.25, -0.2) is 9.79 Å². The topological polar surface area (TPSA) is 80.2 Å². The second kappa shape index (κ2) is 10.7. The number of rotatable bonds is 7. The van der Waals surface area contributed by atoms with E-state index >= 15 is 0 Å². The highest BCUT2D eigenvalue weighted by atomic mass is 79.9. The van der Waals surface area contributed by atoms with Crippen molar-refractivity contribution in [2.75, 3.05) is 18.5 Å². The van der Waals surface area contributed by atoms with Gasteiger partial charge in [0, 0.05) is 21.9 Å². The van der Waals surface area contributed by atoms with Crippen LogP contribution in [0, 0.1) is 13.8 Å². The third-order valence-corrected chi connectivity index (χ3v) is 6.95. The number of aliphatic imine (C=N–C) groups is 1. The number of thioether (sulfide) groups is 1. The van der Waals surface area contributed by atoms with E-state index in [9.17, 15) is 9.59 Å². The van der Waals surface area contributed by atoms with E-state index in [0.717, 1.165) is 32.0 Å². The largest absolute Gasteiger partial charge is 0.483 e. The molecule has 0 aromatic heterocycles. The summed E-state index contributed by atoms with van der Waals surface area (Å²) in [5.41, 5.74) is 4.50. The molecule has 2 aromatic carbocycles. The fourth-order valence-electron chi connectivity index (χ4n) is 4.07. The number of allylic oxidation sites excluding steroid dienone is 1. The number of nitrogens with zero attached hydrogens (tertiary/aromatic N) is 2. The summed E-state index contributed by atoms with van der Waals surface area (Å²) in [5.74, 6) is -0.200. The van der Waals surface area contributed by atoms with E-state index in [-0.39, 0.29) is 19.1 Å². The Morgan fingerprint density at radius 3 is 2.63 bits per heavy atom. The Morgan fingerprint density at radius 1 is 1.17 bits per heavy atom. The highest BCUT2D eigenvalue weighted by Crippen LogP contribution is 2.44. The van der Waals surface area contributed by atoms with Crippen LogP contribution in [0.2, 0.25) is 0 Å². The SMILES string of the molecule is CCOC(=O)C1=C(C)N=C2SC=CN2[C@H]1c1cc(Br)ccc1OCC(=O)Nc1c(C)cccc1C. The highest BCUT2D eigenvalue weighted by Gasteiger charge is 2.39. The molecular weight excluding hydrogens is 530 g/mol. The summed E-state index contributed by atoms with van der Waals surface area (Å²) in [6, 6.07) is 10.9. The molecule has 0 saturated heterocycles. The molecule has 0 saturated carbocycles. The Labute approximate surface area is 217 Å². The molecule has 0 radical (unpaired) electrons. The summed E-state index contributed by atoms with van der Waals surface area (Å²) in [5, 5.41) is 5.63. The normalized spacial score (nSPS) is 16.7. The van der Waals surface area contributed by atoms with E-state index in [4.69, 9.17) is 9.47 Å². The smallest absolute Gasteiger partial charge is 0.338 e. The number of halogens is 1. The van der Waals surface area contributed by atoms with Crippen molar-refractivity contribution in [1.82, 2.24) is 4.90 Å². The van der Waals surface area contributed by atoms with Gasteiger partial charge in [-0.15, -0.1) is 0 Å². The van der Waals surface area contributed by atoms with Crippen molar-refractivity contribution in [3.05, 3.63) is 80.4 Å². The molecule has 1 atom stereocenters. The number of ether oxygens (including phenoxy) is 2. The molecule has 1 amide bonds. The molecule has 35 heavy (non-hydrogen) atoms. The first-order valence-electron chi connectivity index (χ1n) is 11.2. The maximum absolute atomic E-state index is 13.0. The minimum absolute atomic E-state index is 0.182. The van der Waals surface area contributed by atoms with Gasteiger partial charge in [-0.1, -0.05) is 45.9 Å². The number of hydrogen-bond acceptors (Lipinski definition) is 7. The van der Waals surface area contributed by atoms with Crippen molar-refractivity contribution in [2.45, 2.75) is 33.7 Å². The summed E-state index contributed by atoms with van der Waals surface area (Å²) in [7, 11) is 0. The maximum atomic E-state index is 13.0. The van der Waals surface area contributed by atoms with Crippen LogP contribution in [0.5, 0.6) is 5.75 Å². The first-order valence-corrected chi connectivity index (χ1v) is 12.8. The van der Waals surface area contributed by atoms with Gasteiger partial charge in [-0.05, 0) is 62.4 Å². The Hall–Kier alpha value is -3.04. The molecule has 4 rings (SSSR count). The minimum atomic E-state index is -0.512. The average Bonchev–Trinajstić information content (AvgIpc) is 3.28. The van der Waals surface area contributed by atoms with Gasteiger partial charge < -0.3 is 19.7 Å². The zero-order valence-electron chi connectivity index (χ0n) is 19.9. The maximum Gasteiger partial charge on any atom is 0.338 e. The molecule has 9 heteroatoms. The van der Waals surface area contributed by atoms with E-state index in [1.54, 1.807) is 19.9 Å². The van der Waals surface area contributed by atoms with Gasteiger partial charge >= 0.3 is 5.97 Å². The number of carbonyl (C=O) groups is 2. The van der Waals surface area contributed by atoms with E-state index in [2.05, 4.69) is 26.2 Å². The van der Waals surface area contributed by atoms with Gasteiger partial charge in [0.1, 0.15) is 5.75 Å². The number of carbonyl (C=O) groups excluding carboxylic acids is 2. The van der Waals surface area contributed by atoms with Crippen molar-refractivity contribution in [3.63, 3.8) is 0 Å². The number of amides is 1. The van der Waals surface area contributed by atoms with Crippen LogP contribution in [0.4, 0.5) is 5.69 Å². The van der Waals surface area contributed by atoms with Crippen LogP contribution in [0.25, 0.3) is 0 Å². The molecule has 2 aliphatic rings. The van der Waals surface area contributed by atoms with Gasteiger partial charge in [0.2, 0.25) is 0 Å². The number of benzene rings is 2. The number of fused-ring (bicyclic) bond motifs is 1. The lowest BCUT2D eigenvalue weighted by Crippen LogP contribution is -2.34. The van der Waals surface area contributed by atoms with Crippen molar-refractivity contribution in [1.29, 1.82) is 0 Å². The molecule has 7 nitrogen and oxygen atoms in total. The molecular formula is C26H26BrN3O4S. The van der Waals surface area contributed by atoms with Gasteiger partial charge in [-0.2, -0.15) is 0 Å². The summed E-state index contributed by atoms with van der Waals surface area (Å²) in [6.07, 6.45) is 1.89. The van der Waals surface area contributed by atoms with Crippen molar-refractivity contribution < 1.29 is 19.1 Å². The molecule has 0 aliphatic carbocycles. The molecule has 2 aromatic rings. The van der Waals surface area contributed by atoms with E-state index in [1.165, 1.54) is 11.8 Å².